The number of nitrogens with one attached hydrogen (secondary N) is 1. The summed E-state index contributed by atoms with van der Waals surface area (Å²) in [6, 6.07) is 9.60. The summed E-state index contributed by atoms with van der Waals surface area (Å²) in [5.41, 5.74) is 9.69. The third-order valence-corrected chi connectivity index (χ3v) is 9.02. The Hall–Kier alpha value is -3.38. The van der Waals surface area contributed by atoms with Crippen molar-refractivity contribution in [1.29, 1.82) is 0 Å². The van der Waals surface area contributed by atoms with E-state index >= 15 is 0 Å². The van der Waals surface area contributed by atoms with E-state index in [9.17, 15) is 13.2 Å². The van der Waals surface area contributed by atoms with Crippen LogP contribution in [0.15, 0.2) is 53.7 Å². The lowest BCUT2D eigenvalue weighted by molar-refractivity contribution is 0.0784. The van der Waals surface area contributed by atoms with Crippen molar-refractivity contribution in [2.24, 2.45) is 0 Å². The van der Waals surface area contributed by atoms with Crippen molar-refractivity contribution in [3.05, 3.63) is 70.0 Å². The van der Waals surface area contributed by atoms with Gasteiger partial charge in [0.1, 0.15) is 16.3 Å². The highest BCUT2D eigenvalue weighted by molar-refractivity contribution is 7.92. The van der Waals surface area contributed by atoms with E-state index in [2.05, 4.69) is 19.7 Å². The number of halogens is 2. The molecule has 1 fully saturated rings. The normalized spacial score (nSPS) is 15.8. The van der Waals surface area contributed by atoms with Crippen LogP contribution in [-0.4, -0.2) is 71.9 Å². The number of nitrogens with zero attached hydrogens (tertiary/aromatic N) is 5. The van der Waals surface area contributed by atoms with Crippen molar-refractivity contribution < 1.29 is 13.2 Å². The van der Waals surface area contributed by atoms with E-state index in [0.29, 0.717) is 47.4 Å². The molecular weight excluding hydrogens is 561 g/mol. The van der Waals surface area contributed by atoms with Crippen molar-refractivity contribution in [2.45, 2.75) is 24.3 Å². The van der Waals surface area contributed by atoms with Crippen LogP contribution < -0.4 is 10.5 Å². The van der Waals surface area contributed by atoms with Gasteiger partial charge in [0.25, 0.3) is 15.9 Å². The molecule has 0 aliphatic carbocycles. The van der Waals surface area contributed by atoms with Crippen molar-refractivity contribution in [3.8, 4) is 11.1 Å². The molecule has 1 amide bonds. The van der Waals surface area contributed by atoms with Crippen LogP contribution in [-0.2, 0) is 10.0 Å². The second kappa shape index (κ2) is 10.3. The first-order valence-electron chi connectivity index (χ1n) is 12.1. The molecule has 4 aromatic rings. The molecule has 1 aliphatic rings. The number of hydrogen-bond donors (Lipinski definition) is 2. The molecule has 0 radical (unpaired) electrons. The fourth-order valence-electron chi connectivity index (χ4n) is 4.75. The molecule has 1 atom stereocenters. The van der Waals surface area contributed by atoms with E-state index in [1.165, 1.54) is 28.9 Å². The number of fused-ring (bicyclic) bond motifs is 1. The van der Waals surface area contributed by atoms with Gasteiger partial charge in [0.15, 0.2) is 5.65 Å². The fraction of sp³-hybridized carbons (Fsp3) is 0.269. The molecular formula is C26H27Cl2N7O3S. The summed E-state index contributed by atoms with van der Waals surface area (Å²) >= 11 is 12.1. The molecule has 0 bridgehead atoms. The minimum absolute atomic E-state index is 0.0618. The number of likely N-dealkylation sites (N-methyl/N-ethyl adjacent to an activating group) is 1. The average Bonchev–Trinajstić information content (AvgIpc) is 3.54. The number of likely N-dealkylation sites (tertiary alicyclic amines) is 1. The number of benzene rings is 2. The third-order valence-electron chi connectivity index (χ3n) is 6.93. The highest BCUT2D eigenvalue weighted by Gasteiger charge is 2.30. The Morgan fingerprint density at radius 1 is 1.13 bits per heavy atom. The molecule has 1 unspecified atom stereocenters. The second-order valence-corrected chi connectivity index (χ2v) is 12.2. The molecule has 3 heterocycles. The summed E-state index contributed by atoms with van der Waals surface area (Å²) in [5.74, 6) is 0.190. The first-order chi connectivity index (χ1) is 18.5. The number of nitrogens with two attached hydrogens (primary N) is 1. The molecule has 2 aromatic heterocycles. The van der Waals surface area contributed by atoms with E-state index in [4.69, 9.17) is 28.9 Å². The Labute approximate surface area is 236 Å². The largest absolute Gasteiger partial charge is 0.383 e. The number of nitrogen functional groups attached to an aromatic ring is 1. The van der Waals surface area contributed by atoms with Crippen LogP contribution in [0.3, 0.4) is 0 Å². The van der Waals surface area contributed by atoms with Crippen LogP contribution in [0.1, 0.15) is 22.3 Å². The predicted octanol–water partition coefficient (Wildman–Crippen LogP) is 4.17. The number of amides is 1. The minimum atomic E-state index is -3.97. The predicted molar refractivity (Wildman–Crippen MR) is 153 cm³/mol. The Balaban J connectivity index is 1.42. The molecule has 39 heavy (non-hydrogen) atoms. The van der Waals surface area contributed by atoms with Crippen LogP contribution in [0.4, 0.5) is 11.5 Å². The summed E-state index contributed by atoms with van der Waals surface area (Å²) in [4.78, 5) is 21.6. The van der Waals surface area contributed by atoms with Gasteiger partial charge in [-0.3, -0.25) is 9.52 Å². The van der Waals surface area contributed by atoms with Crippen LogP contribution in [0.25, 0.3) is 16.8 Å². The zero-order valence-corrected chi connectivity index (χ0v) is 23.8. The van der Waals surface area contributed by atoms with Crippen molar-refractivity contribution in [1.82, 2.24) is 24.4 Å². The number of hydrogen-bond acceptors (Lipinski definition) is 7. The standard InChI is InChI=1S/C26H27Cl2N7O3S/c1-15-10-17(32-39(37,38)23-11-16(27)4-7-22(23)28)5-6-19(15)20-12-30-25-21(13-31-35(25)24(20)29)26(36)34-9-8-18(14-34)33(2)3/h4-7,10-13,18,32H,8-9,14,29H2,1-3H3. The van der Waals surface area contributed by atoms with Gasteiger partial charge in [-0.2, -0.15) is 9.61 Å². The van der Waals surface area contributed by atoms with E-state index < -0.39 is 10.0 Å². The molecule has 204 valence electrons. The summed E-state index contributed by atoms with van der Waals surface area (Å²) in [5, 5.41) is 4.67. The minimum Gasteiger partial charge on any atom is -0.383 e. The highest BCUT2D eigenvalue weighted by atomic mass is 35.5. The molecule has 10 nitrogen and oxygen atoms in total. The quantitative estimate of drug-likeness (QED) is 0.346. The van der Waals surface area contributed by atoms with Gasteiger partial charge in [-0.15, -0.1) is 0 Å². The third kappa shape index (κ3) is 5.14. The Morgan fingerprint density at radius 2 is 1.90 bits per heavy atom. The Kier molecular flexibility index (Phi) is 7.19. The molecule has 5 rings (SSSR count). The number of aryl methyl sites for hydroxylation is 1. The van der Waals surface area contributed by atoms with E-state index in [0.717, 1.165) is 17.5 Å². The molecule has 0 spiro atoms. The van der Waals surface area contributed by atoms with Crippen LogP contribution in [0.2, 0.25) is 10.0 Å². The van der Waals surface area contributed by atoms with Gasteiger partial charge in [0.2, 0.25) is 0 Å². The van der Waals surface area contributed by atoms with Gasteiger partial charge in [-0.05, 0) is 68.9 Å². The lowest BCUT2D eigenvalue weighted by Crippen LogP contribution is -2.34. The van der Waals surface area contributed by atoms with Crippen LogP contribution in [0, 0.1) is 6.92 Å². The highest BCUT2D eigenvalue weighted by Crippen LogP contribution is 2.33. The van der Waals surface area contributed by atoms with Gasteiger partial charge in [-0.25, -0.2) is 13.4 Å². The van der Waals surface area contributed by atoms with Crippen molar-refractivity contribution in [3.63, 3.8) is 0 Å². The van der Waals surface area contributed by atoms with Gasteiger partial charge in [-0.1, -0.05) is 29.3 Å². The smallest absolute Gasteiger partial charge is 0.263 e. The fourth-order valence-corrected chi connectivity index (χ4v) is 6.56. The maximum atomic E-state index is 13.2. The van der Waals surface area contributed by atoms with Crippen molar-refractivity contribution >= 4 is 56.3 Å². The topological polar surface area (TPSA) is 126 Å². The zero-order valence-electron chi connectivity index (χ0n) is 21.5. The summed E-state index contributed by atoms with van der Waals surface area (Å²) in [6.07, 6.45) is 4.02. The average molecular weight is 589 g/mol. The van der Waals surface area contributed by atoms with Crippen molar-refractivity contribution in [2.75, 3.05) is 37.6 Å². The summed E-state index contributed by atoms with van der Waals surface area (Å²) in [6.45, 7) is 3.15. The summed E-state index contributed by atoms with van der Waals surface area (Å²) < 4.78 is 29.8. The first kappa shape index (κ1) is 27.2. The maximum absolute atomic E-state index is 13.2. The maximum Gasteiger partial charge on any atom is 0.263 e. The molecule has 3 N–H and O–H groups in total. The van der Waals surface area contributed by atoms with Crippen LogP contribution >= 0.6 is 23.2 Å². The first-order valence-corrected chi connectivity index (χ1v) is 14.4. The van der Waals surface area contributed by atoms with Gasteiger partial charge < -0.3 is 15.5 Å². The molecule has 2 aromatic carbocycles. The number of aromatic nitrogens is 3. The molecule has 1 aliphatic heterocycles. The van der Waals surface area contributed by atoms with Crippen LogP contribution in [0.5, 0.6) is 0 Å². The Morgan fingerprint density at radius 3 is 2.59 bits per heavy atom. The van der Waals surface area contributed by atoms with Gasteiger partial charge in [0.05, 0.1) is 11.2 Å². The number of carbonyl (C=O) groups is 1. The monoisotopic (exact) mass is 587 g/mol. The lowest BCUT2D eigenvalue weighted by Gasteiger charge is -2.20. The number of anilines is 2. The molecule has 0 saturated carbocycles. The van der Waals surface area contributed by atoms with E-state index in [-0.39, 0.29) is 20.8 Å². The number of rotatable bonds is 6. The van der Waals surface area contributed by atoms with E-state index in [1.807, 2.05) is 25.9 Å². The summed E-state index contributed by atoms with van der Waals surface area (Å²) in [7, 11) is 0.0455. The second-order valence-electron chi connectivity index (χ2n) is 9.72. The molecule has 13 heteroatoms. The van der Waals surface area contributed by atoms with Gasteiger partial charge >= 0.3 is 0 Å². The number of sulfonamides is 1. The SMILES string of the molecule is Cc1cc(NS(=O)(=O)c2cc(Cl)ccc2Cl)ccc1-c1cnc2c(C(=O)N3CCC(N(C)C)C3)cnn2c1N. The Bertz CT molecular complexity index is 1710. The number of carbonyl (C=O) groups excluding carboxylic acids is 1. The lowest BCUT2D eigenvalue weighted by atomic mass is 10.0. The van der Waals surface area contributed by atoms with E-state index in [1.54, 1.807) is 24.4 Å². The molecule has 1 saturated heterocycles. The zero-order chi connectivity index (χ0) is 28.1. The van der Waals surface area contributed by atoms with Gasteiger partial charge in [0, 0.05) is 41.6 Å².